The van der Waals surface area contributed by atoms with Crippen LogP contribution in [0.3, 0.4) is 0 Å². The molecule has 158 valence electrons. The van der Waals surface area contributed by atoms with E-state index in [9.17, 15) is 14.0 Å². The Balaban J connectivity index is 1.25. The Kier molecular flexibility index (Phi) is 6.02. The van der Waals surface area contributed by atoms with E-state index in [0.717, 1.165) is 16.9 Å². The quantitative estimate of drug-likeness (QED) is 0.842. The number of piperidine rings is 1. The second-order valence-electron chi connectivity index (χ2n) is 8.22. The Morgan fingerprint density at radius 3 is 2.67 bits per heavy atom. The highest BCUT2D eigenvalue weighted by Crippen LogP contribution is 2.29. The highest BCUT2D eigenvalue weighted by molar-refractivity contribution is 5.81. The van der Waals surface area contributed by atoms with Gasteiger partial charge in [0.2, 0.25) is 11.8 Å². The second kappa shape index (κ2) is 8.86. The van der Waals surface area contributed by atoms with Crippen LogP contribution in [0.5, 0.6) is 5.75 Å². The van der Waals surface area contributed by atoms with Gasteiger partial charge in [-0.3, -0.25) is 9.59 Å². The molecule has 2 aromatic carbocycles. The van der Waals surface area contributed by atoms with E-state index in [1.54, 1.807) is 13.0 Å². The van der Waals surface area contributed by atoms with Crippen LogP contribution >= 0.6 is 0 Å². The van der Waals surface area contributed by atoms with Gasteiger partial charge in [0.15, 0.2) is 0 Å². The molecule has 6 heteroatoms. The SMILES string of the molecule is Cc1ccc(CNC(=O)C2CCN(C(=O)[C@H]3COc4ccccc4C3)CC2)cc1F. The van der Waals surface area contributed by atoms with E-state index in [4.69, 9.17) is 4.74 Å². The van der Waals surface area contributed by atoms with Crippen molar-refractivity contribution < 1.29 is 18.7 Å². The van der Waals surface area contributed by atoms with Gasteiger partial charge in [0.05, 0.1) is 5.92 Å². The van der Waals surface area contributed by atoms with Crippen molar-refractivity contribution in [3.8, 4) is 5.75 Å². The lowest BCUT2D eigenvalue weighted by molar-refractivity contribution is -0.140. The Bertz CT molecular complexity index is 938. The summed E-state index contributed by atoms with van der Waals surface area (Å²) < 4.78 is 19.4. The molecule has 1 saturated heterocycles. The summed E-state index contributed by atoms with van der Waals surface area (Å²) in [5.74, 6) is 0.402. The number of para-hydroxylation sites is 1. The molecule has 0 aromatic heterocycles. The van der Waals surface area contributed by atoms with Crippen molar-refractivity contribution in [2.75, 3.05) is 19.7 Å². The fourth-order valence-corrected chi connectivity index (χ4v) is 4.19. The van der Waals surface area contributed by atoms with Crippen LogP contribution in [0.1, 0.15) is 29.5 Å². The number of nitrogens with one attached hydrogen (secondary N) is 1. The van der Waals surface area contributed by atoms with Gasteiger partial charge in [-0.2, -0.15) is 0 Å². The van der Waals surface area contributed by atoms with Crippen molar-refractivity contribution in [1.82, 2.24) is 10.2 Å². The molecule has 1 atom stereocenters. The number of carbonyl (C=O) groups is 2. The maximum Gasteiger partial charge on any atom is 0.229 e. The zero-order valence-electron chi connectivity index (χ0n) is 17.2. The Labute approximate surface area is 176 Å². The minimum absolute atomic E-state index is 0.0296. The highest BCUT2D eigenvalue weighted by atomic mass is 19.1. The summed E-state index contributed by atoms with van der Waals surface area (Å²) in [6.45, 7) is 3.59. The Hall–Kier alpha value is -2.89. The summed E-state index contributed by atoms with van der Waals surface area (Å²) >= 11 is 0. The van der Waals surface area contributed by atoms with Crippen LogP contribution < -0.4 is 10.1 Å². The average Bonchev–Trinajstić information content (AvgIpc) is 2.79. The number of hydrogen-bond acceptors (Lipinski definition) is 3. The lowest BCUT2D eigenvalue weighted by Crippen LogP contribution is -2.46. The minimum atomic E-state index is -0.261. The lowest BCUT2D eigenvalue weighted by Gasteiger charge is -2.35. The van der Waals surface area contributed by atoms with Gasteiger partial charge in [-0.05, 0) is 55.0 Å². The normalized spacial score (nSPS) is 19.0. The zero-order valence-corrected chi connectivity index (χ0v) is 17.2. The molecule has 2 aliphatic rings. The maximum absolute atomic E-state index is 13.7. The minimum Gasteiger partial charge on any atom is -0.492 e. The first-order valence-electron chi connectivity index (χ1n) is 10.5. The molecular formula is C24H27FN2O3. The van der Waals surface area contributed by atoms with E-state index >= 15 is 0 Å². The number of halogens is 1. The molecule has 0 radical (unpaired) electrons. The van der Waals surface area contributed by atoms with Gasteiger partial charge in [0.25, 0.3) is 0 Å². The molecule has 30 heavy (non-hydrogen) atoms. The third-order valence-corrected chi connectivity index (χ3v) is 6.11. The molecule has 2 aromatic rings. The third kappa shape index (κ3) is 4.48. The molecule has 1 N–H and O–H groups in total. The molecule has 4 rings (SSSR count). The van der Waals surface area contributed by atoms with E-state index in [-0.39, 0.29) is 29.5 Å². The van der Waals surface area contributed by atoms with Crippen LogP contribution in [0, 0.1) is 24.6 Å². The third-order valence-electron chi connectivity index (χ3n) is 6.11. The van der Waals surface area contributed by atoms with Crippen LogP contribution in [-0.2, 0) is 22.6 Å². The molecule has 2 heterocycles. The molecule has 0 spiro atoms. The van der Waals surface area contributed by atoms with E-state index in [1.807, 2.05) is 35.2 Å². The number of hydrogen-bond donors (Lipinski definition) is 1. The monoisotopic (exact) mass is 410 g/mol. The maximum atomic E-state index is 13.7. The fraction of sp³-hybridized carbons (Fsp3) is 0.417. The molecule has 2 amide bonds. The predicted molar refractivity (Wildman–Crippen MR) is 111 cm³/mol. The van der Waals surface area contributed by atoms with E-state index in [2.05, 4.69) is 5.32 Å². The standard InChI is InChI=1S/C24H27FN2O3/c1-16-6-7-17(12-21(16)25)14-26-23(28)18-8-10-27(11-9-18)24(29)20-13-19-4-2-3-5-22(19)30-15-20/h2-7,12,18,20H,8-11,13-15H2,1H3,(H,26,28)/t20-/m1/s1. The van der Waals surface area contributed by atoms with Gasteiger partial charge in [0.1, 0.15) is 18.2 Å². The molecule has 0 saturated carbocycles. The first-order valence-corrected chi connectivity index (χ1v) is 10.5. The average molecular weight is 410 g/mol. The number of likely N-dealkylation sites (tertiary alicyclic amines) is 1. The number of nitrogens with zero attached hydrogens (tertiary/aromatic N) is 1. The van der Waals surface area contributed by atoms with Crippen molar-refractivity contribution in [3.05, 3.63) is 65.0 Å². The van der Waals surface area contributed by atoms with Crippen LogP contribution in [0.2, 0.25) is 0 Å². The van der Waals surface area contributed by atoms with Crippen LogP contribution in [-0.4, -0.2) is 36.4 Å². The van der Waals surface area contributed by atoms with Gasteiger partial charge < -0.3 is 15.0 Å². The highest BCUT2D eigenvalue weighted by Gasteiger charge is 2.33. The molecule has 5 nitrogen and oxygen atoms in total. The number of fused-ring (bicyclic) bond motifs is 1. The van der Waals surface area contributed by atoms with Crippen LogP contribution in [0.15, 0.2) is 42.5 Å². The van der Waals surface area contributed by atoms with Crippen molar-refractivity contribution in [2.45, 2.75) is 32.7 Å². The molecule has 0 unspecified atom stereocenters. The molecule has 2 aliphatic heterocycles. The van der Waals surface area contributed by atoms with Gasteiger partial charge in [-0.1, -0.05) is 30.3 Å². The molecular weight excluding hydrogens is 383 g/mol. The zero-order chi connectivity index (χ0) is 21.1. The summed E-state index contributed by atoms with van der Waals surface area (Å²) in [7, 11) is 0. The van der Waals surface area contributed by atoms with Crippen molar-refractivity contribution in [3.63, 3.8) is 0 Å². The fourth-order valence-electron chi connectivity index (χ4n) is 4.19. The number of rotatable bonds is 4. The Morgan fingerprint density at radius 1 is 1.13 bits per heavy atom. The van der Waals surface area contributed by atoms with Crippen molar-refractivity contribution in [2.24, 2.45) is 11.8 Å². The lowest BCUT2D eigenvalue weighted by atomic mass is 9.92. The topological polar surface area (TPSA) is 58.6 Å². The smallest absolute Gasteiger partial charge is 0.229 e. The van der Waals surface area contributed by atoms with Gasteiger partial charge in [-0.25, -0.2) is 4.39 Å². The van der Waals surface area contributed by atoms with E-state index < -0.39 is 0 Å². The van der Waals surface area contributed by atoms with E-state index in [1.165, 1.54) is 6.07 Å². The number of aryl methyl sites for hydroxylation is 1. The van der Waals surface area contributed by atoms with Crippen molar-refractivity contribution >= 4 is 11.8 Å². The predicted octanol–water partition coefficient (Wildman–Crippen LogP) is 3.24. The van der Waals surface area contributed by atoms with Gasteiger partial charge in [-0.15, -0.1) is 0 Å². The first-order chi connectivity index (χ1) is 14.5. The summed E-state index contributed by atoms with van der Waals surface area (Å²) in [6, 6.07) is 12.8. The second-order valence-corrected chi connectivity index (χ2v) is 8.22. The summed E-state index contributed by atoms with van der Waals surface area (Å²) in [4.78, 5) is 27.3. The van der Waals surface area contributed by atoms with Crippen LogP contribution in [0.4, 0.5) is 4.39 Å². The molecule has 1 fully saturated rings. The summed E-state index contributed by atoms with van der Waals surface area (Å²) in [5.41, 5.74) is 2.41. The number of benzene rings is 2. The van der Waals surface area contributed by atoms with Gasteiger partial charge >= 0.3 is 0 Å². The van der Waals surface area contributed by atoms with E-state index in [0.29, 0.717) is 51.1 Å². The summed E-state index contributed by atoms with van der Waals surface area (Å²) in [5, 5.41) is 2.90. The van der Waals surface area contributed by atoms with Crippen molar-refractivity contribution in [1.29, 1.82) is 0 Å². The number of ether oxygens (including phenoxy) is 1. The Morgan fingerprint density at radius 2 is 1.90 bits per heavy atom. The largest absolute Gasteiger partial charge is 0.492 e. The summed E-state index contributed by atoms with van der Waals surface area (Å²) in [6.07, 6.45) is 1.98. The van der Waals surface area contributed by atoms with Crippen LogP contribution in [0.25, 0.3) is 0 Å². The molecule has 0 aliphatic carbocycles. The molecule has 0 bridgehead atoms. The van der Waals surface area contributed by atoms with Gasteiger partial charge in [0, 0.05) is 25.6 Å². The number of carbonyl (C=O) groups excluding carboxylic acids is 2. The first kappa shape index (κ1) is 20.4. The number of amides is 2.